The first-order chi connectivity index (χ1) is 14.2. The van der Waals surface area contributed by atoms with Gasteiger partial charge in [-0.1, -0.05) is 42.5 Å². The number of aryl methyl sites for hydroxylation is 1. The first-order valence-electron chi connectivity index (χ1n) is 9.89. The zero-order valence-corrected chi connectivity index (χ0v) is 17.9. The second kappa shape index (κ2) is 7.78. The third-order valence-corrected chi connectivity index (χ3v) is 7.42. The molecule has 8 heteroatoms. The molecule has 0 bridgehead atoms. The number of piperazine rings is 1. The summed E-state index contributed by atoms with van der Waals surface area (Å²) in [4.78, 5) is 12.4. The van der Waals surface area contributed by atoms with Gasteiger partial charge in [-0.3, -0.25) is 4.90 Å². The predicted octanol–water partition coefficient (Wildman–Crippen LogP) is 4.03. The van der Waals surface area contributed by atoms with Crippen LogP contribution in [0.15, 0.2) is 47.8 Å². The van der Waals surface area contributed by atoms with Crippen molar-refractivity contribution >= 4 is 33.3 Å². The summed E-state index contributed by atoms with van der Waals surface area (Å²) < 4.78 is 1.60. The van der Waals surface area contributed by atoms with Crippen molar-refractivity contribution < 1.29 is 5.11 Å². The Morgan fingerprint density at radius 1 is 1.07 bits per heavy atom. The van der Waals surface area contributed by atoms with E-state index in [1.807, 2.05) is 6.92 Å². The highest BCUT2D eigenvalue weighted by Crippen LogP contribution is 2.41. The number of thiazole rings is 1. The van der Waals surface area contributed by atoms with Gasteiger partial charge in [0.1, 0.15) is 0 Å². The molecule has 1 aliphatic rings. The van der Waals surface area contributed by atoms with Crippen molar-refractivity contribution in [3.63, 3.8) is 0 Å². The summed E-state index contributed by atoms with van der Waals surface area (Å²) in [6, 6.07) is 14.8. The molecule has 1 aromatic carbocycles. The Morgan fingerprint density at radius 2 is 1.86 bits per heavy atom. The van der Waals surface area contributed by atoms with Crippen molar-refractivity contribution in [2.75, 3.05) is 31.1 Å². The highest BCUT2D eigenvalue weighted by Gasteiger charge is 2.32. The van der Waals surface area contributed by atoms with E-state index < -0.39 is 0 Å². The number of aromatic hydroxyl groups is 1. The number of hydrogen-bond donors (Lipinski definition) is 1. The van der Waals surface area contributed by atoms with Crippen molar-refractivity contribution in [2.45, 2.75) is 19.4 Å². The Balaban J connectivity index is 1.45. The molecule has 1 saturated heterocycles. The van der Waals surface area contributed by atoms with E-state index >= 15 is 0 Å². The fourth-order valence-corrected chi connectivity index (χ4v) is 5.99. The zero-order chi connectivity index (χ0) is 19.8. The Hall–Kier alpha value is -2.42. The lowest BCUT2D eigenvalue weighted by molar-refractivity contribution is 0.213. The highest BCUT2D eigenvalue weighted by molar-refractivity contribution is 7.17. The van der Waals surface area contributed by atoms with Gasteiger partial charge in [0.2, 0.25) is 10.8 Å². The molecule has 1 aliphatic heterocycles. The van der Waals surface area contributed by atoms with E-state index in [2.05, 4.69) is 67.7 Å². The van der Waals surface area contributed by atoms with Crippen molar-refractivity contribution in [3.05, 3.63) is 63.4 Å². The number of para-hydroxylation sites is 1. The van der Waals surface area contributed by atoms with Crippen LogP contribution in [0.4, 0.5) is 5.69 Å². The van der Waals surface area contributed by atoms with Gasteiger partial charge in [-0.2, -0.15) is 4.52 Å². The van der Waals surface area contributed by atoms with E-state index in [1.54, 1.807) is 27.2 Å². The average molecular weight is 426 g/mol. The first-order valence-corrected chi connectivity index (χ1v) is 11.6. The molecule has 5 rings (SSSR count). The topological polar surface area (TPSA) is 56.9 Å². The van der Waals surface area contributed by atoms with Crippen molar-refractivity contribution in [1.29, 1.82) is 0 Å². The van der Waals surface area contributed by atoms with E-state index in [9.17, 15) is 5.11 Å². The number of anilines is 1. The van der Waals surface area contributed by atoms with Crippen LogP contribution >= 0.6 is 22.7 Å². The van der Waals surface area contributed by atoms with E-state index in [1.165, 1.54) is 10.6 Å². The molecule has 1 N–H and O–H groups in total. The third-order valence-electron chi connectivity index (χ3n) is 5.42. The molecule has 0 saturated carbocycles. The molecule has 6 nitrogen and oxygen atoms in total. The number of thiophene rings is 1. The number of aromatic nitrogens is 3. The van der Waals surface area contributed by atoms with Crippen LogP contribution in [-0.4, -0.2) is 50.8 Å². The maximum absolute atomic E-state index is 11.0. The maximum atomic E-state index is 11.0. The fourth-order valence-electron chi connectivity index (χ4n) is 3.92. The Morgan fingerprint density at radius 3 is 2.52 bits per heavy atom. The summed E-state index contributed by atoms with van der Waals surface area (Å²) in [5.41, 5.74) is 1.27. The van der Waals surface area contributed by atoms with Crippen LogP contribution in [0.2, 0.25) is 0 Å². The van der Waals surface area contributed by atoms with E-state index in [4.69, 9.17) is 0 Å². The van der Waals surface area contributed by atoms with Gasteiger partial charge in [0, 0.05) is 43.2 Å². The lowest BCUT2D eigenvalue weighted by atomic mass is 10.1. The Bertz CT molecular complexity index is 1080. The largest absolute Gasteiger partial charge is 0.492 e. The van der Waals surface area contributed by atoms with Crippen LogP contribution in [0.25, 0.3) is 4.96 Å². The summed E-state index contributed by atoms with van der Waals surface area (Å²) in [7, 11) is 0. The Labute approximate surface area is 177 Å². The number of nitrogens with zero attached hydrogens (tertiary/aromatic N) is 5. The SMILES string of the molecule is CCc1nc2sc([C@@H](c3cccs3)N3CCN(c4ccccc4)CC3)c(O)n2n1. The Kier molecular flexibility index (Phi) is 4.99. The molecule has 4 aromatic rings. The smallest absolute Gasteiger partial charge is 0.230 e. The molecular weight excluding hydrogens is 402 g/mol. The minimum atomic E-state index is 0.0338. The summed E-state index contributed by atoms with van der Waals surface area (Å²) in [6.45, 7) is 5.83. The molecule has 0 radical (unpaired) electrons. The fraction of sp³-hybridized carbons (Fsp3) is 0.333. The van der Waals surface area contributed by atoms with Gasteiger partial charge in [0.25, 0.3) is 0 Å². The quantitative estimate of drug-likeness (QED) is 0.523. The van der Waals surface area contributed by atoms with Gasteiger partial charge >= 0.3 is 0 Å². The van der Waals surface area contributed by atoms with Crippen LogP contribution < -0.4 is 4.90 Å². The summed E-state index contributed by atoms with van der Waals surface area (Å²) >= 11 is 3.28. The van der Waals surface area contributed by atoms with Gasteiger partial charge in [0.05, 0.1) is 10.9 Å². The molecule has 3 aromatic heterocycles. The van der Waals surface area contributed by atoms with Gasteiger partial charge < -0.3 is 10.0 Å². The van der Waals surface area contributed by atoms with Gasteiger partial charge in [-0.25, -0.2) is 4.98 Å². The van der Waals surface area contributed by atoms with E-state index in [-0.39, 0.29) is 11.9 Å². The third kappa shape index (κ3) is 3.41. The number of benzene rings is 1. The van der Waals surface area contributed by atoms with Crippen LogP contribution in [0.5, 0.6) is 5.88 Å². The van der Waals surface area contributed by atoms with Crippen LogP contribution in [0, 0.1) is 0 Å². The first kappa shape index (κ1) is 18.6. The van der Waals surface area contributed by atoms with Crippen LogP contribution in [0.1, 0.15) is 28.5 Å². The summed E-state index contributed by atoms with van der Waals surface area (Å²) in [5.74, 6) is 0.989. The molecule has 150 valence electrons. The number of fused-ring (bicyclic) bond motifs is 1. The number of hydrogen-bond acceptors (Lipinski definition) is 7. The lowest BCUT2D eigenvalue weighted by Crippen LogP contribution is -2.47. The number of rotatable bonds is 5. The molecule has 0 spiro atoms. The molecule has 0 aliphatic carbocycles. The van der Waals surface area contributed by atoms with E-state index in [0.29, 0.717) is 0 Å². The monoisotopic (exact) mass is 425 g/mol. The van der Waals surface area contributed by atoms with Gasteiger partial charge in [-0.05, 0) is 23.6 Å². The van der Waals surface area contributed by atoms with Crippen LogP contribution in [-0.2, 0) is 6.42 Å². The normalized spacial score (nSPS) is 16.5. The minimum Gasteiger partial charge on any atom is -0.492 e. The molecule has 0 amide bonds. The second-order valence-corrected chi connectivity index (χ2v) is 9.13. The molecule has 4 heterocycles. The highest BCUT2D eigenvalue weighted by atomic mass is 32.1. The molecule has 29 heavy (non-hydrogen) atoms. The average Bonchev–Trinajstić information content (AvgIpc) is 3.49. The lowest BCUT2D eigenvalue weighted by Gasteiger charge is -2.39. The second-order valence-electron chi connectivity index (χ2n) is 7.14. The van der Waals surface area contributed by atoms with Crippen molar-refractivity contribution in [2.24, 2.45) is 0 Å². The van der Waals surface area contributed by atoms with Gasteiger partial charge in [0.15, 0.2) is 5.82 Å². The van der Waals surface area contributed by atoms with Crippen LogP contribution in [0.3, 0.4) is 0 Å². The van der Waals surface area contributed by atoms with E-state index in [0.717, 1.165) is 48.3 Å². The minimum absolute atomic E-state index is 0.0338. The summed E-state index contributed by atoms with van der Waals surface area (Å²) in [5, 5.41) is 17.5. The maximum Gasteiger partial charge on any atom is 0.230 e. The van der Waals surface area contributed by atoms with Crippen molar-refractivity contribution in [3.8, 4) is 5.88 Å². The molecular formula is C21H23N5OS2. The molecule has 0 unspecified atom stereocenters. The summed E-state index contributed by atoms with van der Waals surface area (Å²) in [6.07, 6.45) is 0.763. The molecule has 1 atom stereocenters. The predicted molar refractivity (Wildman–Crippen MR) is 118 cm³/mol. The standard InChI is InChI=1S/C21H23N5OS2/c1-2-17-22-21-26(23-17)20(27)19(29-21)18(16-9-6-14-28-16)25-12-10-24(11-13-25)15-7-4-3-5-8-15/h3-9,14,18,27H,2,10-13H2,1H3/t18-/m1/s1. The molecule has 1 fully saturated rings. The van der Waals surface area contributed by atoms with Crippen molar-refractivity contribution in [1.82, 2.24) is 19.5 Å². The van der Waals surface area contributed by atoms with Gasteiger partial charge in [-0.15, -0.1) is 16.4 Å². The zero-order valence-electron chi connectivity index (χ0n) is 16.2.